The Balaban J connectivity index is 1.63. The normalized spacial score (nSPS) is 18.5. The van der Waals surface area contributed by atoms with Gasteiger partial charge in [-0.3, -0.25) is 14.7 Å². The van der Waals surface area contributed by atoms with Crippen LogP contribution in [0.25, 0.3) is 0 Å². The van der Waals surface area contributed by atoms with E-state index in [0.717, 1.165) is 54.9 Å². The third-order valence-electron chi connectivity index (χ3n) is 4.65. The number of nitrogens with zero attached hydrogens (tertiary/aromatic N) is 3. The van der Waals surface area contributed by atoms with Crippen LogP contribution >= 0.6 is 0 Å². The Morgan fingerprint density at radius 1 is 1.42 bits per heavy atom. The Morgan fingerprint density at radius 3 is 3.00 bits per heavy atom. The van der Waals surface area contributed by atoms with Gasteiger partial charge in [0.25, 0.3) is 0 Å². The van der Waals surface area contributed by atoms with Gasteiger partial charge in [-0.2, -0.15) is 0 Å². The van der Waals surface area contributed by atoms with Crippen LogP contribution in [0.5, 0.6) is 0 Å². The molecule has 0 radical (unpaired) electrons. The lowest BCUT2D eigenvalue weighted by Gasteiger charge is -2.34. The van der Waals surface area contributed by atoms with Crippen LogP contribution in [0.4, 0.5) is 0 Å². The molecule has 0 unspecified atom stereocenters. The van der Waals surface area contributed by atoms with Gasteiger partial charge in [0, 0.05) is 31.0 Å². The van der Waals surface area contributed by atoms with Gasteiger partial charge in [0.15, 0.2) is 0 Å². The molecule has 1 fully saturated rings. The van der Waals surface area contributed by atoms with Crippen molar-refractivity contribution in [3.8, 4) is 0 Å². The third kappa shape index (κ3) is 3.82. The van der Waals surface area contributed by atoms with Gasteiger partial charge in [-0.25, -0.2) is 0 Å². The maximum absolute atomic E-state index is 12.7. The van der Waals surface area contributed by atoms with E-state index in [1.807, 2.05) is 26.1 Å². The van der Waals surface area contributed by atoms with Gasteiger partial charge in [0.1, 0.15) is 5.76 Å². The SMILES string of the molecule is Cc1noc(C)c1CNC(=O)[C@H]1CCCCN1Cc1cccnc1. The van der Waals surface area contributed by atoms with Gasteiger partial charge in [0.2, 0.25) is 5.91 Å². The number of carbonyl (C=O) groups is 1. The van der Waals surface area contributed by atoms with Gasteiger partial charge < -0.3 is 9.84 Å². The molecule has 0 saturated carbocycles. The molecule has 0 bridgehead atoms. The summed E-state index contributed by atoms with van der Waals surface area (Å²) in [4.78, 5) is 19.1. The fourth-order valence-corrected chi connectivity index (χ4v) is 3.25. The van der Waals surface area contributed by atoms with E-state index in [4.69, 9.17) is 4.52 Å². The second-order valence-corrected chi connectivity index (χ2v) is 6.36. The zero-order chi connectivity index (χ0) is 16.9. The first-order valence-corrected chi connectivity index (χ1v) is 8.47. The zero-order valence-electron chi connectivity index (χ0n) is 14.3. The lowest BCUT2D eigenvalue weighted by molar-refractivity contribution is -0.128. The summed E-state index contributed by atoms with van der Waals surface area (Å²) in [6.07, 6.45) is 6.76. The smallest absolute Gasteiger partial charge is 0.237 e. The molecule has 6 nitrogen and oxygen atoms in total. The zero-order valence-corrected chi connectivity index (χ0v) is 14.3. The van der Waals surface area contributed by atoms with Crippen LogP contribution in [-0.2, 0) is 17.9 Å². The van der Waals surface area contributed by atoms with Crippen molar-refractivity contribution >= 4 is 5.91 Å². The van der Waals surface area contributed by atoms with E-state index in [-0.39, 0.29) is 11.9 Å². The third-order valence-corrected chi connectivity index (χ3v) is 4.65. The highest BCUT2D eigenvalue weighted by molar-refractivity contribution is 5.81. The Bertz CT molecular complexity index is 664. The van der Waals surface area contributed by atoms with Crippen LogP contribution in [0.1, 0.15) is 41.8 Å². The molecule has 1 aliphatic rings. The molecule has 1 saturated heterocycles. The van der Waals surface area contributed by atoms with Crippen molar-refractivity contribution in [3.63, 3.8) is 0 Å². The van der Waals surface area contributed by atoms with E-state index < -0.39 is 0 Å². The number of rotatable bonds is 5. The fourth-order valence-electron chi connectivity index (χ4n) is 3.25. The van der Waals surface area contributed by atoms with E-state index in [1.54, 1.807) is 6.20 Å². The number of piperidine rings is 1. The minimum absolute atomic E-state index is 0.0820. The minimum atomic E-state index is -0.0839. The topological polar surface area (TPSA) is 71.3 Å². The quantitative estimate of drug-likeness (QED) is 0.912. The maximum atomic E-state index is 12.7. The number of hydrogen-bond donors (Lipinski definition) is 1. The lowest BCUT2D eigenvalue weighted by atomic mass is 10.0. The molecule has 0 spiro atoms. The van der Waals surface area contributed by atoms with Crippen molar-refractivity contribution in [2.75, 3.05) is 6.54 Å². The van der Waals surface area contributed by atoms with Gasteiger partial charge in [-0.05, 0) is 44.9 Å². The molecule has 1 amide bonds. The van der Waals surface area contributed by atoms with Crippen molar-refractivity contribution in [2.24, 2.45) is 0 Å². The van der Waals surface area contributed by atoms with E-state index in [9.17, 15) is 4.79 Å². The van der Waals surface area contributed by atoms with Gasteiger partial charge >= 0.3 is 0 Å². The molecule has 6 heteroatoms. The number of hydrogen-bond acceptors (Lipinski definition) is 5. The van der Waals surface area contributed by atoms with Crippen LogP contribution in [0, 0.1) is 13.8 Å². The standard InChI is InChI=1S/C18H24N4O2/c1-13-16(14(2)24-21-13)11-20-18(23)17-7-3-4-9-22(17)12-15-6-5-8-19-10-15/h5-6,8,10,17H,3-4,7,9,11-12H2,1-2H3,(H,20,23)/t17-/m1/s1. The molecule has 3 rings (SSSR count). The maximum Gasteiger partial charge on any atom is 0.237 e. The summed E-state index contributed by atoms with van der Waals surface area (Å²) in [7, 11) is 0. The Kier molecular flexibility index (Phi) is 5.25. The second kappa shape index (κ2) is 7.57. The van der Waals surface area contributed by atoms with Crippen molar-refractivity contribution in [1.82, 2.24) is 20.4 Å². The summed E-state index contributed by atoms with van der Waals surface area (Å²) in [5.74, 6) is 0.849. The molecular formula is C18H24N4O2. The summed E-state index contributed by atoms with van der Waals surface area (Å²) in [6, 6.07) is 3.91. The number of amides is 1. The van der Waals surface area contributed by atoms with Gasteiger partial charge in [0.05, 0.1) is 11.7 Å². The van der Waals surface area contributed by atoms with E-state index in [2.05, 4.69) is 26.4 Å². The first-order chi connectivity index (χ1) is 11.6. The Hall–Kier alpha value is -2.21. The van der Waals surface area contributed by atoms with Crippen LogP contribution in [0.2, 0.25) is 0 Å². The molecule has 0 aliphatic carbocycles. The average molecular weight is 328 g/mol. The molecule has 1 N–H and O–H groups in total. The van der Waals surface area contributed by atoms with Crippen molar-refractivity contribution in [1.29, 1.82) is 0 Å². The van der Waals surface area contributed by atoms with E-state index in [0.29, 0.717) is 6.54 Å². The summed E-state index contributed by atoms with van der Waals surface area (Å²) >= 11 is 0. The molecule has 1 aliphatic heterocycles. The molecule has 24 heavy (non-hydrogen) atoms. The van der Waals surface area contributed by atoms with Crippen LogP contribution in [0.3, 0.4) is 0 Å². The molecule has 1 atom stereocenters. The van der Waals surface area contributed by atoms with Gasteiger partial charge in [-0.15, -0.1) is 0 Å². The van der Waals surface area contributed by atoms with Crippen LogP contribution < -0.4 is 5.32 Å². The summed E-state index contributed by atoms with van der Waals surface area (Å²) in [6.45, 7) is 5.94. The highest BCUT2D eigenvalue weighted by atomic mass is 16.5. The number of nitrogens with one attached hydrogen (secondary N) is 1. The summed E-state index contributed by atoms with van der Waals surface area (Å²) in [5.41, 5.74) is 2.95. The Morgan fingerprint density at radius 2 is 2.29 bits per heavy atom. The summed E-state index contributed by atoms with van der Waals surface area (Å²) < 4.78 is 5.15. The molecule has 3 heterocycles. The number of aromatic nitrogens is 2. The van der Waals surface area contributed by atoms with Gasteiger partial charge in [-0.1, -0.05) is 17.6 Å². The largest absolute Gasteiger partial charge is 0.361 e. The fraction of sp³-hybridized carbons (Fsp3) is 0.500. The molecule has 0 aromatic carbocycles. The predicted octanol–water partition coefficient (Wildman–Crippen LogP) is 2.36. The first kappa shape index (κ1) is 16.6. The average Bonchev–Trinajstić information content (AvgIpc) is 2.92. The molecule has 2 aromatic rings. The molecular weight excluding hydrogens is 304 g/mol. The molecule has 128 valence electrons. The first-order valence-electron chi connectivity index (χ1n) is 8.47. The molecule has 2 aromatic heterocycles. The van der Waals surface area contributed by atoms with E-state index in [1.165, 1.54) is 0 Å². The monoisotopic (exact) mass is 328 g/mol. The van der Waals surface area contributed by atoms with Crippen molar-refractivity contribution in [3.05, 3.63) is 47.1 Å². The lowest BCUT2D eigenvalue weighted by Crippen LogP contribution is -2.48. The second-order valence-electron chi connectivity index (χ2n) is 6.36. The Labute approximate surface area is 142 Å². The predicted molar refractivity (Wildman–Crippen MR) is 90.1 cm³/mol. The number of likely N-dealkylation sites (tertiary alicyclic amines) is 1. The number of pyridine rings is 1. The van der Waals surface area contributed by atoms with Crippen molar-refractivity contribution < 1.29 is 9.32 Å². The van der Waals surface area contributed by atoms with Crippen molar-refractivity contribution in [2.45, 2.75) is 52.2 Å². The summed E-state index contributed by atoms with van der Waals surface area (Å²) in [5, 5.41) is 6.99. The number of aryl methyl sites for hydroxylation is 2. The minimum Gasteiger partial charge on any atom is -0.361 e. The van der Waals surface area contributed by atoms with E-state index >= 15 is 0 Å². The van der Waals surface area contributed by atoms with Crippen LogP contribution in [0.15, 0.2) is 29.0 Å². The highest BCUT2D eigenvalue weighted by Gasteiger charge is 2.28. The van der Waals surface area contributed by atoms with Crippen LogP contribution in [-0.4, -0.2) is 33.5 Å². The highest BCUT2D eigenvalue weighted by Crippen LogP contribution is 2.20. The number of carbonyl (C=O) groups excluding carboxylic acids is 1.